The van der Waals surface area contributed by atoms with Crippen LogP contribution >= 0.6 is 15.9 Å². The predicted octanol–water partition coefficient (Wildman–Crippen LogP) is 3.87. The van der Waals surface area contributed by atoms with Crippen molar-refractivity contribution < 1.29 is 13.9 Å². The van der Waals surface area contributed by atoms with Crippen molar-refractivity contribution in [3.05, 3.63) is 28.5 Å². The normalized spacial score (nSPS) is 15.6. The minimum absolute atomic E-state index is 0.284. The number of nitrogens with one attached hydrogen (secondary N) is 1. The number of halogens is 2. The Labute approximate surface area is 132 Å². The van der Waals surface area contributed by atoms with Crippen molar-refractivity contribution in [1.29, 1.82) is 0 Å². The van der Waals surface area contributed by atoms with E-state index in [9.17, 15) is 9.18 Å². The van der Waals surface area contributed by atoms with Crippen LogP contribution in [-0.2, 0) is 4.74 Å². The number of amides is 1. The largest absolute Gasteiger partial charge is 0.444 e. The van der Waals surface area contributed by atoms with E-state index in [1.54, 1.807) is 17.0 Å². The number of benzene rings is 1. The molecule has 0 radical (unpaired) electrons. The fraction of sp³-hybridized carbons (Fsp3) is 0.533. The van der Waals surface area contributed by atoms with Gasteiger partial charge in [-0.25, -0.2) is 9.18 Å². The maximum atomic E-state index is 13.6. The van der Waals surface area contributed by atoms with E-state index in [2.05, 4.69) is 21.2 Å². The molecule has 1 heterocycles. The van der Waals surface area contributed by atoms with E-state index < -0.39 is 5.60 Å². The lowest BCUT2D eigenvalue weighted by molar-refractivity contribution is 0.000836. The molecule has 1 aromatic carbocycles. The SMILES string of the molecule is CC(C)(C)OC(=O)N1CC(CNc2ccc(Br)cc2F)C1. The predicted molar refractivity (Wildman–Crippen MR) is 83.9 cm³/mol. The van der Waals surface area contributed by atoms with Gasteiger partial charge in [0, 0.05) is 30.0 Å². The number of anilines is 1. The molecule has 21 heavy (non-hydrogen) atoms. The molecule has 1 N–H and O–H groups in total. The molecule has 1 amide bonds. The van der Waals surface area contributed by atoms with E-state index in [1.165, 1.54) is 6.07 Å². The van der Waals surface area contributed by atoms with Crippen molar-refractivity contribution in [2.75, 3.05) is 25.0 Å². The van der Waals surface area contributed by atoms with Gasteiger partial charge in [-0.15, -0.1) is 0 Å². The molecule has 1 aliphatic rings. The molecule has 0 atom stereocenters. The molecule has 4 nitrogen and oxygen atoms in total. The Morgan fingerprint density at radius 1 is 1.48 bits per heavy atom. The van der Waals surface area contributed by atoms with Crippen molar-refractivity contribution in [2.45, 2.75) is 26.4 Å². The average molecular weight is 359 g/mol. The summed E-state index contributed by atoms with van der Waals surface area (Å²) in [4.78, 5) is 13.4. The van der Waals surface area contributed by atoms with Crippen molar-refractivity contribution in [2.24, 2.45) is 5.92 Å². The standard InChI is InChI=1S/C15H20BrFN2O2/c1-15(2,3)21-14(20)19-8-10(9-19)7-18-13-5-4-11(16)6-12(13)17/h4-6,10,18H,7-9H2,1-3H3. The smallest absolute Gasteiger partial charge is 0.410 e. The van der Waals surface area contributed by atoms with Gasteiger partial charge >= 0.3 is 6.09 Å². The fourth-order valence-corrected chi connectivity index (χ4v) is 2.39. The third-order valence-electron chi connectivity index (χ3n) is 3.12. The molecule has 1 saturated heterocycles. The van der Waals surface area contributed by atoms with Crippen LogP contribution in [0.25, 0.3) is 0 Å². The maximum Gasteiger partial charge on any atom is 0.410 e. The fourth-order valence-electron chi connectivity index (χ4n) is 2.06. The van der Waals surface area contributed by atoms with Crippen molar-refractivity contribution in [3.8, 4) is 0 Å². The van der Waals surface area contributed by atoms with Gasteiger partial charge in [0.05, 0.1) is 5.69 Å². The topological polar surface area (TPSA) is 41.6 Å². The van der Waals surface area contributed by atoms with E-state index >= 15 is 0 Å². The van der Waals surface area contributed by atoms with Crippen LogP contribution in [0, 0.1) is 11.7 Å². The van der Waals surface area contributed by atoms with Gasteiger partial charge in [-0.3, -0.25) is 0 Å². The number of rotatable bonds is 3. The summed E-state index contributed by atoms with van der Waals surface area (Å²) in [5, 5.41) is 3.08. The summed E-state index contributed by atoms with van der Waals surface area (Å²) in [6.07, 6.45) is -0.284. The highest BCUT2D eigenvalue weighted by Crippen LogP contribution is 2.22. The summed E-state index contributed by atoms with van der Waals surface area (Å²) in [6.45, 7) is 7.46. The van der Waals surface area contributed by atoms with Gasteiger partial charge in [-0.2, -0.15) is 0 Å². The van der Waals surface area contributed by atoms with Crippen molar-refractivity contribution >= 4 is 27.7 Å². The van der Waals surface area contributed by atoms with Crippen LogP contribution in [0.2, 0.25) is 0 Å². The molecular formula is C15H20BrFN2O2. The first kappa shape index (κ1) is 16.1. The van der Waals surface area contributed by atoms with Gasteiger partial charge in [-0.1, -0.05) is 15.9 Å². The molecule has 0 unspecified atom stereocenters. The van der Waals surface area contributed by atoms with E-state index in [-0.39, 0.29) is 11.9 Å². The quantitative estimate of drug-likeness (QED) is 0.891. The van der Waals surface area contributed by atoms with Crippen LogP contribution in [0.4, 0.5) is 14.9 Å². The third kappa shape index (κ3) is 4.59. The lowest BCUT2D eigenvalue weighted by atomic mass is 10.0. The van der Waals surface area contributed by atoms with Crippen LogP contribution < -0.4 is 5.32 Å². The second-order valence-electron chi connectivity index (χ2n) is 6.26. The molecule has 0 aliphatic carbocycles. The Hall–Kier alpha value is -1.30. The van der Waals surface area contributed by atoms with Gasteiger partial charge in [0.2, 0.25) is 0 Å². The lowest BCUT2D eigenvalue weighted by Crippen LogP contribution is -2.53. The summed E-state index contributed by atoms with van der Waals surface area (Å²) < 4.78 is 19.6. The van der Waals surface area contributed by atoms with Crippen LogP contribution in [0.3, 0.4) is 0 Å². The Morgan fingerprint density at radius 2 is 2.14 bits per heavy atom. The van der Waals surface area contributed by atoms with E-state index in [0.29, 0.717) is 35.7 Å². The van der Waals surface area contributed by atoms with Gasteiger partial charge in [-0.05, 0) is 39.0 Å². The summed E-state index contributed by atoms with van der Waals surface area (Å²) >= 11 is 3.22. The highest BCUT2D eigenvalue weighted by atomic mass is 79.9. The van der Waals surface area contributed by atoms with Crippen LogP contribution in [0.15, 0.2) is 22.7 Å². The average Bonchev–Trinajstić information content (AvgIpc) is 2.27. The van der Waals surface area contributed by atoms with Gasteiger partial charge in [0.1, 0.15) is 11.4 Å². The third-order valence-corrected chi connectivity index (χ3v) is 3.61. The molecule has 0 spiro atoms. The van der Waals surface area contributed by atoms with Crippen molar-refractivity contribution in [1.82, 2.24) is 4.90 Å². The van der Waals surface area contributed by atoms with Crippen LogP contribution in [-0.4, -0.2) is 36.2 Å². The molecular weight excluding hydrogens is 339 g/mol. The van der Waals surface area contributed by atoms with Gasteiger partial charge in [0.25, 0.3) is 0 Å². The molecule has 0 aromatic heterocycles. The maximum absolute atomic E-state index is 13.6. The Balaban J connectivity index is 1.75. The van der Waals surface area contributed by atoms with E-state index in [1.807, 2.05) is 20.8 Å². The van der Waals surface area contributed by atoms with E-state index in [4.69, 9.17) is 4.74 Å². The summed E-state index contributed by atoms with van der Waals surface area (Å²) in [6, 6.07) is 4.92. The molecule has 0 saturated carbocycles. The number of likely N-dealkylation sites (tertiary alicyclic amines) is 1. The first-order chi connectivity index (χ1) is 9.74. The zero-order chi connectivity index (χ0) is 15.6. The molecule has 1 aromatic rings. The Kier molecular flexibility index (Phi) is 4.76. The molecule has 1 fully saturated rings. The second kappa shape index (κ2) is 6.22. The number of ether oxygens (including phenoxy) is 1. The molecule has 116 valence electrons. The minimum atomic E-state index is -0.471. The second-order valence-corrected chi connectivity index (χ2v) is 7.17. The first-order valence-corrected chi connectivity index (χ1v) is 7.71. The monoisotopic (exact) mass is 358 g/mol. The molecule has 2 rings (SSSR count). The lowest BCUT2D eigenvalue weighted by Gasteiger charge is -2.40. The Bertz CT molecular complexity index is 525. The number of carbonyl (C=O) groups excluding carboxylic acids is 1. The number of nitrogens with zero attached hydrogens (tertiary/aromatic N) is 1. The van der Waals surface area contributed by atoms with Crippen LogP contribution in [0.1, 0.15) is 20.8 Å². The Morgan fingerprint density at radius 3 is 2.71 bits per heavy atom. The van der Waals surface area contributed by atoms with E-state index in [0.717, 1.165) is 0 Å². The molecule has 1 aliphatic heterocycles. The molecule has 6 heteroatoms. The zero-order valence-corrected chi connectivity index (χ0v) is 14.0. The zero-order valence-electron chi connectivity index (χ0n) is 12.5. The highest BCUT2D eigenvalue weighted by Gasteiger charge is 2.33. The number of hydrogen-bond donors (Lipinski definition) is 1. The van der Waals surface area contributed by atoms with Crippen molar-refractivity contribution in [3.63, 3.8) is 0 Å². The van der Waals surface area contributed by atoms with Gasteiger partial charge in [0.15, 0.2) is 0 Å². The summed E-state index contributed by atoms with van der Waals surface area (Å²) in [7, 11) is 0. The summed E-state index contributed by atoms with van der Waals surface area (Å²) in [5.74, 6) is 0.0354. The summed E-state index contributed by atoms with van der Waals surface area (Å²) in [5.41, 5.74) is 0.00922. The number of hydrogen-bond acceptors (Lipinski definition) is 3. The van der Waals surface area contributed by atoms with Gasteiger partial charge < -0.3 is 15.0 Å². The number of carbonyl (C=O) groups is 1. The minimum Gasteiger partial charge on any atom is -0.444 e. The first-order valence-electron chi connectivity index (χ1n) is 6.91. The molecule has 0 bridgehead atoms. The van der Waals surface area contributed by atoms with Crippen LogP contribution in [0.5, 0.6) is 0 Å². The highest BCUT2D eigenvalue weighted by molar-refractivity contribution is 9.10.